The number of nitrogens with zero attached hydrogens (tertiary/aromatic N) is 2. The monoisotopic (exact) mass is 262 g/mol. The van der Waals surface area contributed by atoms with E-state index in [-0.39, 0.29) is 23.7 Å². The zero-order chi connectivity index (χ0) is 14.0. The molecule has 1 aromatic rings. The number of hydrogen-bond acceptors (Lipinski definition) is 3. The highest BCUT2D eigenvalue weighted by Crippen LogP contribution is 2.24. The van der Waals surface area contributed by atoms with Crippen molar-refractivity contribution in [1.82, 2.24) is 9.88 Å². The van der Waals surface area contributed by atoms with Gasteiger partial charge in [0, 0.05) is 18.3 Å². The van der Waals surface area contributed by atoms with Crippen molar-refractivity contribution in [3.63, 3.8) is 0 Å². The van der Waals surface area contributed by atoms with Crippen LogP contribution in [0.15, 0.2) is 18.3 Å². The summed E-state index contributed by atoms with van der Waals surface area (Å²) < 4.78 is 0. The molecule has 1 amide bonds. The molecule has 2 atom stereocenters. The smallest absolute Gasteiger partial charge is 0.354 e. The van der Waals surface area contributed by atoms with Crippen LogP contribution in [0.3, 0.4) is 0 Å². The molecule has 0 saturated carbocycles. The largest absolute Gasteiger partial charge is 0.477 e. The average Bonchev–Trinajstić information content (AvgIpc) is 2.38. The van der Waals surface area contributed by atoms with Crippen molar-refractivity contribution in [2.75, 3.05) is 0 Å². The first-order valence-electron chi connectivity index (χ1n) is 6.52. The summed E-state index contributed by atoms with van der Waals surface area (Å²) in [6.07, 6.45) is 4.51. The lowest BCUT2D eigenvalue weighted by molar-refractivity contribution is 0.0509. The van der Waals surface area contributed by atoms with Gasteiger partial charge in [-0.2, -0.15) is 0 Å². The van der Waals surface area contributed by atoms with Crippen LogP contribution in [0.2, 0.25) is 0 Å². The van der Waals surface area contributed by atoms with E-state index in [0.717, 1.165) is 19.3 Å². The lowest BCUT2D eigenvalue weighted by Crippen LogP contribution is -2.47. The lowest BCUT2D eigenvalue weighted by atomic mass is 9.96. The van der Waals surface area contributed by atoms with Crippen LogP contribution in [0.25, 0.3) is 0 Å². The minimum Gasteiger partial charge on any atom is -0.477 e. The molecule has 2 rings (SSSR count). The van der Waals surface area contributed by atoms with Gasteiger partial charge in [0.05, 0.1) is 5.56 Å². The predicted octanol–water partition coefficient (Wildman–Crippen LogP) is 2.18. The first-order chi connectivity index (χ1) is 9.00. The summed E-state index contributed by atoms with van der Waals surface area (Å²) in [5, 5.41) is 8.79. The molecule has 1 aliphatic heterocycles. The van der Waals surface area contributed by atoms with Crippen LogP contribution in [0.5, 0.6) is 0 Å². The second-order valence-corrected chi connectivity index (χ2v) is 5.08. The molecule has 0 bridgehead atoms. The number of carbonyl (C=O) groups excluding carboxylic acids is 1. The lowest BCUT2D eigenvalue weighted by Gasteiger charge is -2.39. The fourth-order valence-electron chi connectivity index (χ4n) is 2.62. The standard InChI is InChI=1S/C14H18N2O3/c1-9-4-3-5-10(2)16(9)13(17)11-6-7-12(14(18)19)15-8-11/h6-10H,3-5H2,1-2H3,(H,18,19). The van der Waals surface area contributed by atoms with E-state index in [2.05, 4.69) is 4.98 Å². The molecular formula is C14H18N2O3. The predicted molar refractivity (Wildman–Crippen MR) is 70.1 cm³/mol. The third kappa shape index (κ3) is 2.75. The Morgan fingerprint density at radius 2 is 1.89 bits per heavy atom. The fourth-order valence-corrected chi connectivity index (χ4v) is 2.62. The number of carboxylic acid groups (broad SMARTS) is 1. The number of carboxylic acids is 1. The molecule has 19 heavy (non-hydrogen) atoms. The molecule has 2 heterocycles. The number of rotatable bonds is 2. The zero-order valence-corrected chi connectivity index (χ0v) is 11.2. The number of pyridine rings is 1. The van der Waals surface area contributed by atoms with Crippen molar-refractivity contribution in [1.29, 1.82) is 0 Å². The molecule has 5 heteroatoms. The van der Waals surface area contributed by atoms with Crippen LogP contribution in [-0.4, -0.2) is 39.0 Å². The number of aromatic nitrogens is 1. The van der Waals surface area contributed by atoms with E-state index in [4.69, 9.17) is 5.11 Å². The Bertz CT molecular complexity index is 474. The van der Waals surface area contributed by atoms with E-state index in [0.29, 0.717) is 5.56 Å². The highest BCUT2D eigenvalue weighted by molar-refractivity contribution is 5.95. The van der Waals surface area contributed by atoms with Crippen LogP contribution in [0.1, 0.15) is 54.0 Å². The van der Waals surface area contributed by atoms with Crippen LogP contribution in [-0.2, 0) is 0 Å². The molecule has 0 radical (unpaired) electrons. The summed E-state index contributed by atoms with van der Waals surface area (Å²) in [6, 6.07) is 3.34. The van der Waals surface area contributed by atoms with E-state index in [1.807, 2.05) is 18.7 Å². The third-order valence-corrected chi connectivity index (χ3v) is 3.66. The average molecular weight is 262 g/mol. The Balaban J connectivity index is 2.20. The molecule has 1 N–H and O–H groups in total. The molecule has 1 aromatic heterocycles. The Hall–Kier alpha value is -1.91. The molecule has 2 unspecified atom stereocenters. The first-order valence-corrected chi connectivity index (χ1v) is 6.52. The van der Waals surface area contributed by atoms with Gasteiger partial charge in [0.25, 0.3) is 5.91 Å². The fraction of sp³-hybridized carbons (Fsp3) is 0.500. The maximum Gasteiger partial charge on any atom is 0.354 e. The van der Waals surface area contributed by atoms with Gasteiger partial charge in [0.1, 0.15) is 5.69 Å². The van der Waals surface area contributed by atoms with Crippen LogP contribution in [0.4, 0.5) is 0 Å². The Morgan fingerprint density at radius 1 is 1.26 bits per heavy atom. The second-order valence-electron chi connectivity index (χ2n) is 5.08. The summed E-state index contributed by atoms with van der Waals surface area (Å²) in [6.45, 7) is 4.10. The van der Waals surface area contributed by atoms with Crippen LogP contribution >= 0.6 is 0 Å². The number of hydrogen-bond donors (Lipinski definition) is 1. The Labute approximate surface area is 112 Å². The summed E-state index contributed by atoms with van der Waals surface area (Å²) in [5.41, 5.74) is 0.405. The zero-order valence-electron chi connectivity index (χ0n) is 11.2. The van der Waals surface area contributed by atoms with Crippen LogP contribution < -0.4 is 0 Å². The van der Waals surface area contributed by atoms with Gasteiger partial charge < -0.3 is 10.0 Å². The molecule has 1 fully saturated rings. The van der Waals surface area contributed by atoms with Crippen molar-refractivity contribution in [3.8, 4) is 0 Å². The van der Waals surface area contributed by atoms with Crippen molar-refractivity contribution in [2.45, 2.75) is 45.2 Å². The van der Waals surface area contributed by atoms with Gasteiger partial charge in [-0.1, -0.05) is 0 Å². The third-order valence-electron chi connectivity index (χ3n) is 3.66. The summed E-state index contributed by atoms with van der Waals surface area (Å²) in [4.78, 5) is 28.8. The normalized spacial score (nSPS) is 23.2. The topological polar surface area (TPSA) is 70.5 Å². The van der Waals surface area contributed by atoms with E-state index >= 15 is 0 Å². The number of carbonyl (C=O) groups is 2. The minimum atomic E-state index is -1.08. The molecule has 1 saturated heterocycles. The van der Waals surface area contributed by atoms with Gasteiger partial charge >= 0.3 is 5.97 Å². The molecule has 0 spiro atoms. The van der Waals surface area contributed by atoms with Crippen LogP contribution in [0, 0.1) is 0 Å². The number of piperidine rings is 1. The van der Waals surface area contributed by atoms with Gasteiger partial charge in [0.15, 0.2) is 0 Å². The van der Waals surface area contributed by atoms with E-state index in [1.54, 1.807) is 0 Å². The van der Waals surface area contributed by atoms with Gasteiger partial charge in [-0.25, -0.2) is 9.78 Å². The molecular weight excluding hydrogens is 244 g/mol. The van der Waals surface area contributed by atoms with E-state index < -0.39 is 5.97 Å². The van der Waals surface area contributed by atoms with Gasteiger partial charge in [0.2, 0.25) is 0 Å². The van der Waals surface area contributed by atoms with Crippen molar-refractivity contribution < 1.29 is 14.7 Å². The second kappa shape index (κ2) is 5.38. The quantitative estimate of drug-likeness (QED) is 0.886. The maximum absolute atomic E-state index is 12.4. The maximum atomic E-state index is 12.4. The Morgan fingerprint density at radius 3 is 2.37 bits per heavy atom. The van der Waals surface area contributed by atoms with Gasteiger partial charge in [-0.3, -0.25) is 4.79 Å². The molecule has 102 valence electrons. The van der Waals surface area contributed by atoms with Crippen molar-refractivity contribution >= 4 is 11.9 Å². The number of likely N-dealkylation sites (tertiary alicyclic amines) is 1. The van der Waals surface area contributed by atoms with Gasteiger partial charge in [-0.15, -0.1) is 0 Å². The highest BCUT2D eigenvalue weighted by Gasteiger charge is 2.29. The van der Waals surface area contributed by atoms with Crippen molar-refractivity contribution in [3.05, 3.63) is 29.6 Å². The molecule has 5 nitrogen and oxygen atoms in total. The number of amides is 1. The van der Waals surface area contributed by atoms with E-state index in [9.17, 15) is 9.59 Å². The molecule has 1 aliphatic rings. The summed E-state index contributed by atoms with van der Waals surface area (Å²) >= 11 is 0. The van der Waals surface area contributed by atoms with Crippen molar-refractivity contribution in [2.24, 2.45) is 0 Å². The summed E-state index contributed by atoms with van der Waals surface area (Å²) in [7, 11) is 0. The minimum absolute atomic E-state index is 0.0451. The SMILES string of the molecule is CC1CCCC(C)N1C(=O)c1ccc(C(=O)O)nc1. The molecule has 0 aliphatic carbocycles. The Kier molecular flexibility index (Phi) is 3.83. The number of aromatic carboxylic acids is 1. The summed E-state index contributed by atoms with van der Waals surface area (Å²) in [5.74, 6) is -1.15. The molecule has 0 aromatic carbocycles. The first kappa shape index (κ1) is 13.5. The van der Waals surface area contributed by atoms with Gasteiger partial charge in [-0.05, 0) is 45.2 Å². The highest BCUT2D eigenvalue weighted by atomic mass is 16.4. The van der Waals surface area contributed by atoms with E-state index in [1.165, 1.54) is 18.3 Å².